The average Bonchev–Trinajstić information content (AvgIpc) is 2.28. The number of hydrogen-bond donors (Lipinski definition) is 0. The molecule has 0 spiro atoms. The van der Waals surface area contributed by atoms with Gasteiger partial charge >= 0.3 is 0 Å². The van der Waals surface area contributed by atoms with E-state index in [4.69, 9.17) is 4.74 Å². The lowest BCUT2D eigenvalue weighted by Crippen LogP contribution is -2.43. The van der Waals surface area contributed by atoms with E-state index >= 15 is 0 Å². The SMILES string of the molecule is COc1cccc(N(C)C(C)(C)CBr)n1. The molecule has 1 aromatic rings. The Morgan fingerprint density at radius 1 is 1.47 bits per heavy atom. The third kappa shape index (κ3) is 2.84. The molecule has 0 aliphatic rings. The molecule has 1 rings (SSSR count). The van der Waals surface area contributed by atoms with Crippen LogP contribution in [-0.4, -0.2) is 30.0 Å². The van der Waals surface area contributed by atoms with Crippen molar-refractivity contribution in [2.45, 2.75) is 19.4 Å². The number of halogens is 1. The van der Waals surface area contributed by atoms with Crippen molar-refractivity contribution in [2.75, 3.05) is 24.4 Å². The van der Waals surface area contributed by atoms with Crippen molar-refractivity contribution in [3.63, 3.8) is 0 Å². The summed E-state index contributed by atoms with van der Waals surface area (Å²) in [6, 6.07) is 5.77. The normalized spacial score (nSPS) is 11.3. The molecular formula is C11H17BrN2O. The second-order valence-corrected chi connectivity index (χ2v) is 4.60. The van der Waals surface area contributed by atoms with Gasteiger partial charge in [-0.05, 0) is 19.9 Å². The number of rotatable bonds is 4. The van der Waals surface area contributed by atoms with Gasteiger partial charge in [0.25, 0.3) is 0 Å². The lowest BCUT2D eigenvalue weighted by atomic mass is 10.1. The highest BCUT2D eigenvalue weighted by molar-refractivity contribution is 9.09. The minimum absolute atomic E-state index is 0.0271. The summed E-state index contributed by atoms with van der Waals surface area (Å²) in [5.41, 5.74) is 0.0271. The Kier molecular flexibility index (Phi) is 3.97. The van der Waals surface area contributed by atoms with Gasteiger partial charge in [-0.3, -0.25) is 0 Å². The first-order valence-corrected chi connectivity index (χ1v) is 5.94. The van der Waals surface area contributed by atoms with E-state index in [2.05, 4.69) is 39.7 Å². The Hall–Kier alpha value is -0.770. The van der Waals surface area contributed by atoms with Gasteiger partial charge in [-0.2, -0.15) is 4.98 Å². The van der Waals surface area contributed by atoms with Crippen LogP contribution in [0.4, 0.5) is 5.82 Å². The van der Waals surface area contributed by atoms with E-state index in [0.717, 1.165) is 11.1 Å². The van der Waals surface area contributed by atoms with Crippen molar-refractivity contribution < 1.29 is 4.74 Å². The molecule has 0 bridgehead atoms. The van der Waals surface area contributed by atoms with E-state index in [-0.39, 0.29) is 5.54 Å². The third-order valence-corrected chi connectivity index (χ3v) is 3.87. The monoisotopic (exact) mass is 272 g/mol. The molecule has 0 amide bonds. The molecule has 0 aliphatic carbocycles. The molecule has 0 radical (unpaired) electrons. The van der Waals surface area contributed by atoms with Crippen LogP contribution in [0.1, 0.15) is 13.8 Å². The molecule has 4 heteroatoms. The second-order valence-electron chi connectivity index (χ2n) is 4.04. The predicted octanol–water partition coefficient (Wildman–Crippen LogP) is 2.70. The highest BCUT2D eigenvalue weighted by Crippen LogP contribution is 2.23. The summed E-state index contributed by atoms with van der Waals surface area (Å²) in [5.74, 6) is 1.56. The average molecular weight is 273 g/mol. The fourth-order valence-corrected chi connectivity index (χ4v) is 1.48. The minimum atomic E-state index is 0.0271. The largest absolute Gasteiger partial charge is 0.481 e. The quantitative estimate of drug-likeness (QED) is 0.789. The Morgan fingerprint density at radius 3 is 2.67 bits per heavy atom. The van der Waals surface area contributed by atoms with Gasteiger partial charge in [0.15, 0.2) is 0 Å². The molecule has 0 N–H and O–H groups in total. The molecule has 3 nitrogen and oxygen atoms in total. The fraction of sp³-hybridized carbons (Fsp3) is 0.545. The zero-order chi connectivity index (χ0) is 11.5. The number of alkyl halides is 1. The molecule has 0 fully saturated rings. The van der Waals surface area contributed by atoms with Crippen LogP contribution < -0.4 is 9.64 Å². The maximum atomic E-state index is 5.10. The van der Waals surface area contributed by atoms with Gasteiger partial charge in [-0.15, -0.1) is 0 Å². The molecule has 0 saturated heterocycles. The molecule has 84 valence electrons. The van der Waals surface area contributed by atoms with E-state index in [9.17, 15) is 0 Å². The molecule has 1 heterocycles. The lowest BCUT2D eigenvalue weighted by Gasteiger charge is -2.35. The number of ether oxygens (including phenoxy) is 1. The van der Waals surface area contributed by atoms with Crippen molar-refractivity contribution in [2.24, 2.45) is 0 Å². The maximum absolute atomic E-state index is 5.10. The van der Waals surface area contributed by atoms with E-state index < -0.39 is 0 Å². The standard InChI is InChI=1S/C11H17BrN2O/c1-11(2,8-12)14(3)9-6-5-7-10(13-9)15-4/h5-7H,8H2,1-4H3. The van der Waals surface area contributed by atoms with Crippen LogP contribution >= 0.6 is 15.9 Å². The first-order valence-electron chi connectivity index (χ1n) is 4.82. The van der Waals surface area contributed by atoms with E-state index in [1.807, 2.05) is 25.2 Å². The second kappa shape index (κ2) is 4.84. The van der Waals surface area contributed by atoms with Crippen molar-refractivity contribution >= 4 is 21.7 Å². The summed E-state index contributed by atoms with van der Waals surface area (Å²) >= 11 is 3.50. The van der Waals surface area contributed by atoms with Crippen molar-refractivity contribution in [1.82, 2.24) is 4.98 Å². The van der Waals surface area contributed by atoms with Gasteiger partial charge in [0, 0.05) is 24.0 Å². The van der Waals surface area contributed by atoms with Gasteiger partial charge in [-0.25, -0.2) is 0 Å². The van der Waals surface area contributed by atoms with Crippen LogP contribution in [-0.2, 0) is 0 Å². The fourth-order valence-electron chi connectivity index (χ4n) is 1.10. The highest BCUT2D eigenvalue weighted by Gasteiger charge is 2.23. The first-order chi connectivity index (χ1) is 7.01. The molecule has 0 atom stereocenters. The van der Waals surface area contributed by atoms with Crippen LogP contribution in [0, 0.1) is 0 Å². The number of pyridine rings is 1. The topological polar surface area (TPSA) is 25.4 Å². The highest BCUT2D eigenvalue weighted by atomic mass is 79.9. The number of methoxy groups -OCH3 is 1. The van der Waals surface area contributed by atoms with Crippen molar-refractivity contribution in [3.8, 4) is 5.88 Å². The first kappa shape index (κ1) is 12.3. The summed E-state index contributed by atoms with van der Waals surface area (Å²) in [6.45, 7) is 4.31. The van der Waals surface area contributed by atoms with E-state index in [1.54, 1.807) is 7.11 Å². The zero-order valence-corrected chi connectivity index (χ0v) is 11.2. The van der Waals surface area contributed by atoms with Crippen molar-refractivity contribution in [1.29, 1.82) is 0 Å². The summed E-state index contributed by atoms with van der Waals surface area (Å²) in [4.78, 5) is 6.52. The molecule has 0 aliphatic heterocycles. The number of anilines is 1. The van der Waals surface area contributed by atoms with Crippen LogP contribution in [0.3, 0.4) is 0 Å². The van der Waals surface area contributed by atoms with Gasteiger partial charge in [0.05, 0.1) is 7.11 Å². The number of hydrogen-bond acceptors (Lipinski definition) is 3. The zero-order valence-electron chi connectivity index (χ0n) is 9.62. The van der Waals surface area contributed by atoms with Crippen LogP contribution in [0.2, 0.25) is 0 Å². The minimum Gasteiger partial charge on any atom is -0.481 e. The maximum Gasteiger partial charge on any atom is 0.214 e. The Balaban J connectivity index is 2.95. The molecule has 15 heavy (non-hydrogen) atoms. The summed E-state index contributed by atoms with van der Waals surface area (Å²) in [5, 5.41) is 0.884. The van der Waals surface area contributed by atoms with E-state index in [1.165, 1.54) is 0 Å². The molecule has 0 aromatic carbocycles. The summed E-state index contributed by atoms with van der Waals surface area (Å²) in [7, 11) is 3.66. The molecule has 1 aromatic heterocycles. The summed E-state index contributed by atoms with van der Waals surface area (Å²) < 4.78 is 5.10. The predicted molar refractivity (Wildman–Crippen MR) is 67.1 cm³/mol. The molecular weight excluding hydrogens is 256 g/mol. The van der Waals surface area contributed by atoms with Crippen LogP contribution in [0.15, 0.2) is 18.2 Å². The van der Waals surface area contributed by atoms with Gasteiger partial charge < -0.3 is 9.64 Å². The molecule has 0 saturated carbocycles. The van der Waals surface area contributed by atoms with Crippen LogP contribution in [0.5, 0.6) is 5.88 Å². The lowest BCUT2D eigenvalue weighted by molar-refractivity contribution is 0.397. The number of aromatic nitrogens is 1. The number of nitrogens with zero attached hydrogens (tertiary/aromatic N) is 2. The Morgan fingerprint density at radius 2 is 2.13 bits per heavy atom. The Bertz CT molecular complexity index is 328. The Labute approximate surface area is 99.6 Å². The van der Waals surface area contributed by atoms with Gasteiger partial charge in [0.1, 0.15) is 5.82 Å². The van der Waals surface area contributed by atoms with Gasteiger partial charge in [-0.1, -0.05) is 22.0 Å². The smallest absolute Gasteiger partial charge is 0.214 e. The third-order valence-electron chi connectivity index (χ3n) is 2.50. The summed E-state index contributed by atoms with van der Waals surface area (Å²) in [6.07, 6.45) is 0. The molecule has 0 unspecified atom stereocenters. The van der Waals surface area contributed by atoms with Crippen LogP contribution in [0.25, 0.3) is 0 Å². The van der Waals surface area contributed by atoms with Gasteiger partial charge in [0.2, 0.25) is 5.88 Å². The van der Waals surface area contributed by atoms with E-state index in [0.29, 0.717) is 5.88 Å². The van der Waals surface area contributed by atoms with Crippen molar-refractivity contribution in [3.05, 3.63) is 18.2 Å².